The zero-order chi connectivity index (χ0) is 0. The van der Waals surface area contributed by atoms with Gasteiger partial charge in [-0.1, -0.05) is 0 Å². The third-order valence-corrected chi connectivity index (χ3v) is 0. The molecule has 0 unspecified atom stereocenters. The molecule has 0 aromatic heterocycles. The molecule has 0 saturated heterocycles. The average Bonchev–Trinajstić information content (AvgIpc) is 0. The van der Waals surface area contributed by atoms with Crippen LogP contribution in [0.3, 0.4) is 0 Å². The Hall–Kier alpha value is 2.18. The molecule has 0 aliphatic rings. The Kier molecular flexibility index (Phi) is 166. The van der Waals surface area contributed by atoms with Crippen molar-refractivity contribution in [2.24, 2.45) is 0 Å². The summed E-state index contributed by atoms with van der Waals surface area (Å²) in [6.45, 7) is 0. The van der Waals surface area contributed by atoms with E-state index in [9.17, 15) is 0 Å². The van der Waals surface area contributed by atoms with Crippen molar-refractivity contribution in [1.29, 1.82) is 0 Å². The first-order chi connectivity index (χ1) is 0. The fraction of sp³-hybridized carbons (Fsp3) is 0. The number of rotatable bonds is 0. The first-order valence-corrected chi connectivity index (χ1v) is 0. The fourth-order valence-electron chi connectivity index (χ4n) is 0. The Bertz CT molecular complexity index is 8.00. The third kappa shape index (κ3) is 8.89. The Morgan fingerprint density at radius 3 is 1.00 bits per heavy atom. The van der Waals surface area contributed by atoms with E-state index in [2.05, 4.69) is 0 Å². The molecule has 0 bridgehead atoms. The molecular formula is BiOTiZn+7. The summed E-state index contributed by atoms with van der Waals surface area (Å²) in [5.41, 5.74) is 0. The summed E-state index contributed by atoms with van der Waals surface area (Å²) in [5, 5.41) is 0. The van der Waals surface area contributed by atoms with E-state index in [-0.39, 0.29) is 72.9 Å². The summed E-state index contributed by atoms with van der Waals surface area (Å²) >= 11 is 0. The molecule has 0 aromatic carbocycles. The van der Waals surface area contributed by atoms with Crippen LogP contribution in [0.4, 0.5) is 0 Å². The third-order valence-electron chi connectivity index (χ3n) is 0. The zero-order valence-electron chi connectivity index (χ0n) is 2.06. The Morgan fingerprint density at radius 2 is 1.00 bits per heavy atom. The zero-order valence-corrected chi connectivity index (χ0v) is 10.1. The summed E-state index contributed by atoms with van der Waals surface area (Å²) in [6.07, 6.45) is 0. The van der Waals surface area contributed by atoms with Crippen molar-refractivity contribution in [2.45, 2.75) is 0 Å². The second-order valence-electron chi connectivity index (χ2n) is 0. The van der Waals surface area contributed by atoms with Crippen LogP contribution < -0.4 is 0 Å². The quantitative estimate of drug-likeness (QED) is 0.533. The van der Waals surface area contributed by atoms with E-state index in [4.69, 9.17) is 0 Å². The minimum atomic E-state index is 0. The van der Waals surface area contributed by atoms with Gasteiger partial charge in [0.25, 0.3) is 0 Å². The maximum absolute atomic E-state index is 0. The van der Waals surface area contributed by atoms with Crippen LogP contribution in [-0.2, 0) is 46.7 Å². The van der Waals surface area contributed by atoms with Gasteiger partial charge in [0.15, 0.2) is 0 Å². The van der Waals surface area contributed by atoms with E-state index in [0.29, 0.717) is 0 Å². The van der Waals surface area contributed by atoms with E-state index in [1.54, 1.807) is 0 Å². The van der Waals surface area contributed by atoms with Crippen molar-refractivity contribution < 1.29 is 46.7 Å². The summed E-state index contributed by atoms with van der Waals surface area (Å²) < 4.78 is 0. The van der Waals surface area contributed by atoms with Gasteiger partial charge in [0.1, 0.15) is 0 Å². The molecular weight excluding hydrogens is 338 g/mol. The van der Waals surface area contributed by atoms with Gasteiger partial charge in [-0.25, -0.2) is 0 Å². The van der Waals surface area contributed by atoms with Crippen LogP contribution in [0.15, 0.2) is 0 Å². The van der Waals surface area contributed by atoms with E-state index < -0.39 is 0 Å². The molecule has 0 amide bonds. The molecule has 0 rings (SSSR count). The molecule has 0 fully saturated rings. The van der Waals surface area contributed by atoms with Crippen LogP contribution in [0.5, 0.6) is 0 Å². The molecule has 0 N–H and O–H groups in total. The molecule has 1 nitrogen and oxygen atoms in total. The van der Waals surface area contributed by atoms with Crippen molar-refractivity contribution in [2.75, 3.05) is 0 Å². The van der Waals surface area contributed by atoms with Crippen molar-refractivity contribution in [3.63, 3.8) is 0 Å². The maximum atomic E-state index is 0. The average molecular weight is 338 g/mol. The fourth-order valence-corrected chi connectivity index (χ4v) is 0. The summed E-state index contributed by atoms with van der Waals surface area (Å²) in [7, 11) is 0. The largest absolute Gasteiger partial charge is 4.00 e. The van der Waals surface area contributed by atoms with Crippen molar-refractivity contribution >= 4 is 26.2 Å². The van der Waals surface area contributed by atoms with Crippen LogP contribution in [0.25, 0.3) is 0 Å². The summed E-state index contributed by atoms with van der Waals surface area (Å²) in [6, 6.07) is 0. The smallest absolute Gasteiger partial charge is 2.00 e. The van der Waals surface area contributed by atoms with Crippen LogP contribution >= 0.6 is 0 Å². The topological polar surface area (TPSA) is 28.5 Å². The SMILES string of the molecule is [Bi+3].[O-2].[Ti+4].[Zn+2]. The predicted octanol–water partition coefficient (Wildman–Crippen LogP) is -0.505. The molecule has 0 aromatic rings. The van der Waals surface area contributed by atoms with Gasteiger partial charge in [0, 0.05) is 0 Å². The van der Waals surface area contributed by atoms with Gasteiger partial charge < -0.3 is 5.48 Å². The summed E-state index contributed by atoms with van der Waals surface area (Å²) in [5.74, 6) is 0. The molecule has 0 aliphatic carbocycles. The molecule has 0 aliphatic heterocycles. The van der Waals surface area contributed by atoms with Crippen LogP contribution in [0.1, 0.15) is 0 Å². The first kappa shape index (κ1) is 34.9. The molecule has 0 heterocycles. The Morgan fingerprint density at radius 1 is 1.00 bits per heavy atom. The minimum Gasteiger partial charge on any atom is -2.00 e. The standard InChI is InChI=1S/Bi.O.Ti.Zn/q+3;-2;+4;+2. The van der Waals surface area contributed by atoms with Gasteiger partial charge in [-0.15, -0.1) is 0 Å². The second kappa shape index (κ2) is 19.0. The minimum absolute atomic E-state index is 0. The van der Waals surface area contributed by atoms with Gasteiger partial charge in [-0.2, -0.15) is 0 Å². The monoisotopic (exact) mass is 337 g/mol. The molecule has 0 saturated carbocycles. The molecule has 2 radical (unpaired) electrons. The van der Waals surface area contributed by atoms with Gasteiger partial charge in [-0.3, -0.25) is 0 Å². The predicted molar refractivity (Wildman–Crippen MR) is 6.44 cm³/mol. The van der Waals surface area contributed by atoms with Gasteiger partial charge in [0.2, 0.25) is 0 Å². The van der Waals surface area contributed by atoms with Crippen molar-refractivity contribution in [3.8, 4) is 0 Å². The number of hydrogen-bond donors (Lipinski definition) is 0. The van der Waals surface area contributed by atoms with Crippen LogP contribution in [0.2, 0.25) is 0 Å². The Balaban J connectivity index is 0. The maximum Gasteiger partial charge on any atom is 4.00 e. The van der Waals surface area contributed by atoms with Crippen LogP contribution in [0, 0.1) is 0 Å². The van der Waals surface area contributed by atoms with E-state index in [1.165, 1.54) is 0 Å². The molecule has 4 heavy (non-hydrogen) atoms. The van der Waals surface area contributed by atoms with E-state index in [1.807, 2.05) is 0 Å². The van der Waals surface area contributed by atoms with Crippen molar-refractivity contribution in [3.05, 3.63) is 0 Å². The van der Waals surface area contributed by atoms with Crippen LogP contribution in [-0.4, -0.2) is 26.2 Å². The normalized spacial score (nSPS) is 0. The molecule has 0 spiro atoms. The Labute approximate surface area is 72.0 Å². The van der Waals surface area contributed by atoms with Gasteiger partial charge in [0.05, 0.1) is 0 Å². The molecule has 4 heteroatoms. The van der Waals surface area contributed by atoms with Gasteiger partial charge in [-0.05, 0) is 0 Å². The molecule has 10 valence electrons. The van der Waals surface area contributed by atoms with E-state index >= 15 is 0 Å². The second-order valence-corrected chi connectivity index (χ2v) is 0. The first-order valence-electron chi connectivity index (χ1n) is 0. The van der Waals surface area contributed by atoms with Gasteiger partial charge >= 0.3 is 67.4 Å². The number of hydrogen-bond acceptors (Lipinski definition) is 0. The van der Waals surface area contributed by atoms with Crippen molar-refractivity contribution in [1.82, 2.24) is 0 Å². The molecule has 0 atom stereocenters. The van der Waals surface area contributed by atoms with E-state index in [0.717, 1.165) is 0 Å². The summed E-state index contributed by atoms with van der Waals surface area (Å²) in [4.78, 5) is 0.